The van der Waals surface area contributed by atoms with E-state index < -0.39 is 0 Å². The minimum absolute atomic E-state index is 0.227. The van der Waals surface area contributed by atoms with E-state index in [1.807, 2.05) is 0 Å². The van der Waals surface area contributed by atoms with Crippen LogP contribution >= 0.6 is 0 Å². The first-order chi connectivity index (χ1) is 25.1. The highest BCUT2D eigenvalue weighted by Crippen LogP contribution is 2.57. The van der Waals surface area contributed by atoms with E-state index in [9.17, 15) is 0 Å². The Morgan fingerprint density at radius 2 is 1.10 bits per heavy atom. The van der Waals surface area contributed by atoms with Crippen molar-refractivity contribution in [2.45, 2.75) is 19.3 Å². The van der Waals surface area contributed by atoms with Gasteiger partial charge in [-0.1, -0.05) is 147 Å². The Labute approximate surface area is 297 Å². The first kappa shape index (κ1) is 29.5. The summed E-state index contributed by atoms with van der Waals surface area (Å²) < 4.78 is 6.59. The van der Waals surface area contributed by atoms with E-state index in [1.165, 1.54) is 60.7 Å². The van der Waals surface area contributed by atoms with Crippen LogP contribution in [0.5, 0.6) is 0 Å². The molecule has 10 rings (SSSR count). The van der Waals surface area contributed by atoms with Gasteiger partial charge in [-0.25, -0.2) is 0 Å². The fourth-order valence-electron chi connectivity index (χ4n) is 8.39. The van der Waals surface area contributed by atoms with Crippen molar-refractivity contribution < 1.29 is 4.42 Å². The smallest absolute Gasteiger partial charge is 0.136 e. The summed E-state index contributed by atoms with van der Waals surface area (Å²) in [7, 11) is 0. The molecule has 0 N–H and O–H groups in total. The Balaban J connectivity index is 1.28. The van der Waals surface area contributed by atoms with Crippen LogP contribution in [0, 0.1) is 0 Å². The van der Waals surface area contributed by atoms with Gasteiger partial charge in [-0.2, -0.15) is 0 Å². The minimum Gasteiger partial charge on any atom is -0.456 e. The maximum Gasteiger partial charge on any atom is 0.136 e. The van der Waals surface area contributed by atoms with Crippen molar-refractivity contribution in [2.75, 3.05) is 4.90 Å². The molecule has 0 saturated heterocycles. The van der Waals surface area contributed by atoms with Crippen LogP contribution < -0.4 is 4.90 Å². The lowest BCUT2D eigenvalue weighted by Crippen LogP contribution is -2.15. The van der Waals surface area contributed by atoms with Crippen molar-refractivity contribution in [3.05, 3.63) is 187 Å². The van der Waals surface area contributed by atoms with Gasteiger partial charge in [-0.15, -0.1) is 0 Å². The maximum absolute atomic E-state index is 6.59. The van der Waals surface area contributed by atoms with E-state index >= 15 is 0 Å². The highest BCUT2D eigenvalue weighted by atomic mass is 16.3. The number of benzene rings is 8. The van der Waals surface area contributed by atoms with Crippen molar-refractivity contribution >= 4 is 49.8 Å². The Hall–Kier alpha value is -6.38. The zero-order chi connectivity index (χ0) is 34.1. The second-order valence-electron chi connectivity index (χ2n) is 14.1. The predicted octanol–water partition coefficient (Wildman–Crippen LogP) is 13.8. The van der Waals surface area contributed by atoms with Gasteiger partial charge in [0.1, 0.15) is 11.2 Å². The zero-order valence-electron chi connectivity index (χ0n) is 28.6. The van der Waals surface area contributed by atoms with Gasteiger partial charge in [0.15, 0.2) is 0 Å². The summed E-state index contributed by atoms with van der Waals surface area (Å²) in [6.45, 7) is 4.71. The van der Waals surface area contributed by atoms with Crippen molar-refractivity contribution in [2.24, 2.45) is 0 Å². The van der Waals surface area contributed by atoms with Gasteiger partial charge in [0.25, 0.3) is 0 Å². The Morgan fingerprint density at radius 1 is 0.451 bits per heavy atom. The number of hydrogen-bond acceptors (Lipinski definition) is 2. The Bertz CT molecular complexity index is 2770. The number of nitrogens with zero attached hydrogens (tertiary/aromatic N) is 1. The average Bonchev–Trinajstić information content (AvgIpc) is 3.66. The molecule has 0 unspecified atom stereocenters. The topological polar surface area (TPSA) is 16.4 Å². The molecule has 1 aliphatic carbocycles. The molecule has 8 aromatic carbocycles. The average molecular weight is 654 g/mol. The van der Waals surface area contributed by atoms with Gasteiger partial charge in [-0.3, -0.25) is 0 Å². The van der Waals surface area contributed by atoms with Crippen molar-refractivity contribution in [1.82, 2.24) is 0 Å². The van der Waals surface area contributed by atoms with Gasteiger partial charge in [0, 0.05) is 38.7 Å². The molecule has 2 heteroatoms. The molecular formula is C49H35NO. The molecule has 0 bridgehead atoms. The van der Waals surface area contributed by atoms with Crippen LogP contribution in [-0.4, -0.2) is 0 Å². The van der Waals surface area contributed by atoms with Crippen LogP contribution in [-0.2, 0) is 5.41 Å². The Kier molecular flexibility index (Phi) is 6.56. The summed E-state index contributed by atoms with van der Waals surface area (Å²) in [5.41, 5.74) is 15.0. The van der Waals surface area contributed by atoms with Crippen molar-refractivity contribution in [3.63, 3.8) is 0 Å². The molecule has 242 valence electrons. The van der Waals surface area contributed by atoms with E-state index in [0.717, 1.165) is 33.6 Å². The molecule has 2 nitrogen and oxygen atoms in total. The molecule has 0 saturated carbocycles. The van der Waals surface area contributed by atoms with E-state index in [2.05, 4.69) is 195 Å². The van der Waals surface area contributed by atoms with Gasteiger partial charge < -0.3 is 9.32 Å². The normalized spacial score (nSPS) is 13.1. The molecule has 0 spiro atoms. The number of hydrogen-bond donors (Lipinski definition) is 0. The highest BCUT2D eigenvalue weighted by molar-refractivity contribution is 6.18. The third-order valence-electron chi connectivity index (χ3n) is 10.8. The third-order valence-corrected chi connectivity index (χ3v) is 10.8. The molecule has 9 aromatic rings. The largest absolute Gasteiger partial charge is 0.456 e. The van der Waals surface area contributed by atoms with E-state index in [0.29, 0.717) is 0 Å². The molecule has 1 aliphatic rings. The van der Waals surface area contributed by atoms with E-state index in [4.69, 9.17) is 4.42 Å². The van der Waals surface area contributed by atoms with Gasteiger partial charge >= 0.3 is 0 Å². The molecule has 0 aliphatic heterocycles. The Morgan fingerprint density at radius 3 is 1.92 bits per heavy atom. The monoisotopic (exact) mass is 653 g/mol. The summed E-state index contributed by atoms with van der Waals surface area (Å²) in [5, 5.41) is 4.76. The first-order valence-corrected chi connectivity index (χ1v) is 17.7. The molecule has 0 radical (unpaired) electrons. The van der Waals surface area contributed by atoms with Crippen LogP contribution in [0.15, 0.2) is 180 Å². The van der Waals surface area contributed by atoms with E-state index in [-0.39, 0.29) is 5.41 Å². The second-order valence-corrected chi connectivity index (χ2v) is 14.1. The van der Waals surface area contributed by atoms with Gasteiger partial charge in [-0.05, 0) is 86.6 Å². The number of fused-ring (bicyclic) bond motifs is 7. The van der Waals surface area contributed by atoms with Crippen LogP contribution in [0.25, 0.3) is 66.1 Å². The van der Waals surface area contributed by atoms with Crippen LogP contribution in [0.1, 0.15) is 25.0 Å². The number of para-hydroxylation sites is 2. The van der Waals surface area contributed by atoms with E-state index in [1.54, 1.807) is 0 Å². The SMILES string of the molecule is CC1(C)c2ccc(N(c3ccc4ccccc4c3)c3ccccc3-c3ccccc3)cc2-c2c1cc1oc3ccccc3c1c2-c1ccccc1. The van der Waals surface area contributed by atoms with Crippen molar-refractivity contribution in [3.8, 4) is 33.4 Å². The fraction of sp³-hybridized carbons (Fsp3) is 0.0612. The molecular weight excluding hydrogens is 619 g/mol. The summed E-state index contributed by atoms with van der Waals surface area (Å²) in [5.74, 6) is 0. The standard InChI is InChI=1S/C49H35NO/c1-49(2)41-28-27-37(30-40(41)47-42(49)31-45-48(39-22-12-14-24-44(39)51-45)46(47)34-18-7-4-8-19-34)50(36-26-25-32-15-9-10-20-35(32)29-36)43-23-13-11-21-38(43)33-16-5-3-6-17-33/h3-31H,1-2H3. The number of anilines is 3. The quantitative estimate of drug-likeness (QED) is 0.184. The molecule has 0 fully saturated rings. The first-order valence-electron chi connectivity index (χ1n) is 17.7. The molecule has 0 amide bonds. The highest BCUT2D eigenvalue weighted by Gasteiger charge is 2.39. The molecule has 1 aromatic heterocycles. The predicted molar refractivity (Wildman–Crippen MR) is 214 cm³/mol. The van der Waals surface area contributed by atoms with Crippen LogP contribution in [0.2, 0.25) is 0 Å². The lowest BCUT2D eigenvalue weighted by molar-refractivity contribution is 0.647. The molecule has 0 atom stereocenters. The van der Waals surface area contributed by atoms with Crippen molar-refractivity contribution in [1.29, 1.82) is 0 Å². The lowest BCUT2D eigenvalue weighted by atomic mass is 9.81. The van der Waals surface area contributed by atoms with Crippen LogP contribution in [0.3, 0.4) is 0 Å². The summed E-state index contributed by atoms with van der Waals surface area (Å²) in [4.78, 5) is 2.44. The van der Waals surface area contributed by atoms with Gasteiger partial charge in [0.2, 0.25) is 0 Å². The lowest BCUT2D eigenvalue weighted by Gasteiger charge is -2.29. The summed E-state index contributed by atoms with van der Waals surface area (Å²) in [6, 6.07) is 63.6. The molecule has 51 heavy (non-hydrogen) atoms. The van der Waals surface area contributed by atoms with Crippen LogP contribution in [0.4, 0.5) is 17.1 Å². The minimum atomic E-state index is -0.227. The third kappa shape index (κ3) is 4.57. The summed E-state index contributed by atoms with van der Waals surface area (Å²) >= 11 is 0. The number of furan rings is 1. The number of rotatable bonds is 5. The zero-order valence-corrected chi connectivity index (χ0v) is 28.6. The fourth-order valence-corrected chi connectivity index (χ4v) is 8.39. The summed E-state index contributed by atoms with van der Waals surface area (Å²) in [6.07, 6.45) is 0. The second kappa shape index (κ2) is 11.3. The van der Waals surface area contributed by atoms with Gasteiger partial charge in [0.05, 0.1) is 5.69 Å². The molecule has 1 heterocycles. The maximum atomic E-state index is 6.59.